The highest BCUT2D eigenvalue weighted by Gasteiger charge is 2.56. The van der Waals surface area contributed by atoms with Crippen molar-refractivity contribution in [2.24, 2.45) is 5.41 Å². The van der Waals surface area contributed by atoms with Gasteiger partial charge in [-0.1, -0.05) is 25.0 Å². The molecule has 110 valence electrons. The first kappa shape index (κ1) is 14.0. The highest BCUT2D eigenvalue weighted by molar-refractivity contribution is 5.17. The van der Waals surface area contributed by atoms with Gasteiger partial charge in [-0.2, -0.15) is 0 Å². The maximum Gasteiger partial charge on any atom is 0.123 e. The molecule has 3 rings (SSSR count). The van der Waals surface area contributed by atoms with Crippen LogP contribution in [0.3, 0.4) is 0 Å². The molecule has 0 bridgehead atoms. The van der Waals surface area contributed by atoms with Crippen LogP contribution >= 0.6 is 0 Å². The van der Waals surface area contributed by atoms with Gasteiger partial charge in [0.05, 0.1) is 6.10 Å². The Balaban J connectivity index is 1.59. The SMILES string of the molecule is CCOC1CC(NCc2ccc(F)cc2)C12CCCC2. The summed E-state index contributed by atoms with van der Waals surface area (Å²) < 4.78 is 18.8. The highest BCUT2D eigenvalue weighted by Crippen LogP contribution is 2.54. The van der Waals surface area contributed by atoms with E-state index in [2.05, 4.69) is 12.2 Å². The number of hydrogen-bond acceptors (Lipinski definition) is 2. The molecule has 1 aromatic rings. The van der Waals surface area contributed by atoms with E-state index in [0.29, 0.717) is 17.6 Å². The molecule has 2 saturated carbocycles. The summed E-state index contributed by atoms with van der Waals surface area (Å²) in [5.41, 5.74) is 1.52. The topological polar surface area (TPSA) is 21.3 Å². The number of rotatable bonds is 5. The van der Waals surface area contributed by atoms with Crippen molar-refractivity contribution in [3.63, 3.8) is 0 Å². The summed E-state index contributed by atoms with van der Waals surface area (Å²) in [5, 5.41) is 3.67. The van der Waals surface area contributed by atoms with Gasteiger partial charge in [-0.15, -0.1) is 0 Å². The normalized spacial score (nSPS) is 27.7. The largest absolute Gasteiger partial charge is 0.378 e. The van der Waals surface area contributed by atoms with E-state index in [9.17, 15) is 4.39 Å². The van der Waals surface area contributed by atoms with E-state index in [1.165, 1.54) is 37.8 Å². The lowest BCUT2D eigenvalue weighted by Gasteiger charge is -2.54. The van der Waals surface area contributed by atoms with Crippen molar-refractivity contribution in [3.8, 4) is 0 Å². The van der Waals surface area contributed by atoms with Gasteiger partial charge in [0.15, 0.2) is 0 Å². The van der Waals surface area contributed by atoms with Crippen LogP contribution < -0.4 is 5.32 Å². The van der Waals surface area contributed by atoms with Crippen LogP contribution in [-0.2, 0) is 11.3 Å². The number of nitrogens with one attached hydrogen (secondary N) is 1. The third kappa shape index (κ3) is 2.49. The summed E-state index contributed by atoms with van der Waals surface area (Å²) in [6.45, 7) is 3.73. The monoisotopic (exact) mass is 277 g/mol. The zero-order valence-corrected chi connectivity index (χ0v) is 12.2. The van der Waals surface area contributed by atoms with E-state index in [0.717, 1.165) is 25.1 Å². The van der Waals surface area contributed by atoms with Crippen molar-refractivity contribution in [1.82, 2.24) is 5.32 Å². The molecule has 2 atom stereocenters. The molecule has 1 aromatic carbocycles. The predicted octanol–water partition coefficient (Wildman–Crippen LogP) is 3.65. The van der Waals surface area contributed by atoms with Gasteiger partial charge in [0, 0.05) is 24.6 Å². The van der Waals surface area contributed by atoms with Crippen molar-refractivity contribution in [2.45, 2.75) is 57.7 Å². The minimum Gasteiger partial charge on any atom is -0.378 e. The molecular formula is C17H24FNO. The van der Waals surface area contributed by atoms with E-state index in [1.54, 1.807) is 0 Å². The second-order valence-corrected chi connectivity index (χ2v) is 6.18. The molecule has 2 aliphatic carbocycles. The van der Waals surface area contributed by atoms with Crippen LogP contribution in [0.15, 0.2) is 24.3 Å². The quantitative estimate of drug-likeness (QED) is 0.887. The zero-order chi connectivity index (χ0) is 14.0. The number of hydrogen-bond donors (Lipinski definition) is 1. The van der Waals surface area contributed by atoms with Gasteiger partial charge < -0.3 is 10.1 Å². The van der Waals surface area contributed by atoms with Gasteiger partial charge in [-0.05, 0) is 43.9 Å². The Bertz CT molecular complexity index is 439. The molecule has 0 amide bonds. The minimum atomic E-state index is -0.166. The maximum atomic E-state index is 12.9. The molecular weight excluding hydrogens is 253 g/mol. The van der Waals surface area contributed by atoms with Gasteiger partial charge in [0.1, 0.15) is 5.82 Å². The van der Waals surface area contributed by atoms with Gasteiger partial charge in [0.2, 0.25) is 0 Å². The summed E-state index contributed by atoms with van der Waals surface area (Å²) in [4.78, 5) is 0. The molecule has 2 unspecified atom stereocenters. The fraction of sp³-hybridized carbons (Fsp3) is 0.647. The fourth-order valence-corrected chi connectivity index (χ4v) is 4.02. The first-order chi connectivity index (χ1) is 9.74. The van der Waals surface area contributed by atoms with Crippen molar-refractivity contribution in [3.05, 3.63) is 35.6 Å². The van der Waals surface area contributed by atoms with Crippen LogP contribution in [0, 0.1) is 11.2 Å². The predicted molar refractivity (Wildman–Crippen MR) is 78.0 cm³/mol. The Kier molecular flexibility index (Phi) is 4.08. The second-order valence-electron chi connectivity index (χ2n) is 6.18. The van der Waals surface area contributed by atoms with Gasteiger partial charge >= 0.3 is 0 Å². The lowest BCUT2D eigenvalue weighted by atomic mass is 9.60. The van der Waals surface area contributed by atoms with E-state index in [1.807, 2.05) is 12.1 Å². The zero-order valence-electron chi connectivity index (χ0n) is 12.2. The van der Waals surface area contributed by atoms with Crippen LogP contribution in [0.5, 0.6) is 0 Å². The van der Waals surface area contributed by atoms with Gasteiger partial charge in [-0.3, -0.25) is 0 Å². The van der Waals surface area contributed by atoms with E-state index < -0.39 is 0 Å². The molecule has 3 heteroatoms. The van der Waals surface area contributed by atoms with Crippen LogP contribution in [0.25, 0.3) is 0 Å². The number of ether oxygens (including phenoxy) is 1. The molecule has 1 spiro atoms. The number of benzene rings is 1. The second kappa shape index (κ2) is 5.82. The van der Waals surface area contributed by atoms with Crippen LogP contribution in [-0.4, -0.2) is 18.8 Å². The first-order valence-corrected chi connectivity index (χ1v) is 7.84. The Hall–Kier alpha value is -0.930. The first-order valence-electron chi connectivity index (χ1n) is 7.84. The average molecular weight is 277 g/mol. The third-order valence-electron chi connectivity index (χ3n) is 5.15. The Morgan fingerprint density at radius 3 is 2.60 bits per heavy atom. The third-order valence-corrected chi connectivity index (χ3v) is 5.15. The van der Waals surface area contributed by atoms with E-state index in [4.69, 9.17) is 4.74 Å². The molecule has 0 aromatic heterocycles. The molecule has 2 aliphatic rings. The van der Waals surface area contributed by atoms with Crippen LogP contribution in [0.2, 0.25) is 0 Å². The molecule has 20 heavy (non-hydrogen) atoms. The number of halogens is 1. The standard InChI is InChI=1S/C17H24FNO/c1-2-20-16-11-15(17(16)9-3-4-10-17)19-12-13-5-7-14(18)8-6-13/h5-8,15-16,19H,2-4,9-12H2,1H3. The lowest BCUT2D eigenvalue weighted by molar-refractivity contribution is -0.130. The Labute approximate surface area is 120 Å². The van der Waals surface area contributed by atoms with Crippen molar-refractivity contribution >= 4 is 0 Å². The highest BCUT2D eigenvalue weighted by atomic mass is 19.1. The van der Waals surface area contributed by atoms with Crippen LogP contribution in [0.1, 0.15) is 44.6 Å². The minimum absolute atomic E-state index is 0.166. The molecule has 2 fully saturated rings. The van der Waals surface area contributed by atoms with Crippen molar-refractivity contribution in [2.75, 3.05) is 6.61 Å². The molecule has 0 radical (unpaired) electrons. The Morgan fingerprint density at radius 2 is 1.95 bits per heavy atom. The molecule has 2 nitrogen and oxygen atoms in total. The van der Waals surface area contributed by atoms with E-state index >= 15 is 0 Å². The summed E-state index contributed by atoms with van der Waals surface area (Å²) in [5.74, 6) is -0.166. The maximum absolute atomic E-state index is 12.9. The van der Waals surface area contributed by atoms with Gasteiger partial charge in [0.25, 0.3) is 0 Å². The Morgan fingerprint density at radius 1 is 1.25 bits per heavy atom. The average Bonchev–Trinajstić information content (AvgIpc) is 2.96. The van der Waals surface area contributed by atoms with Crippen LogP contribution in [0.4, 0.5) is 4.39 Å². The molecule has 0 heterocycles. The molecule has 0 aliphatic heterocycles. The summed E-state index contributed by atoms with van der Waals surface area (Å²) in [7, 11) is 0. The smallest absolute Gasteiger partial charge is 0.123 e. The lowest BCUT2D eigenvalue weighted by Crippen LogP contribution is -2.62. The van der Waals surface area contributed by atoms with Crippen molar-refractivity contribution < 1.29 is 9.13 Å². The van der Waals surface area contributed by atoms with Crippen molar-refractivity contribution in [1.29, 1.82) is 0 Å². The molecule has 1 N–H and O–H groups in total. The summed E-state index contributed by atoms with van der Waals surface area (Å²) in [6, 6.07) is 7.36. The summed E-state index contributed by atoms with van der Waals surface area (Å²) >= 11 is 0. The van der Waals surface area contributed by atoms with Gasteiger partial charge in [-0.25, -0.2) is 4.39 Å². The van der Waals surface area contributed by atoms with E-state index in [-0.39, 0.29) is 5.82 Å². The molecule has 0 saturated heterocycles. The fourth-order valence-electron chi connectivity index (χ4n) is 4.02. The summed E-state index contributed by atoms with van der Waals surface area (Å²) in [6.07, 6.45) is 6.81.